The number of fused-ring (bicyclic) bond motifs is 1. The number of benzene rings is 1. The third-order valence-electron chi connectivity index (χ3n) is 3.69. The molecule has 0 saturated carbocycles. The van der Waals surface area contributed by atoms with Gasteiger partial charge >= 0.3 is 0 Å². The number of aryl methyl sites for hydroxylation is 1. The highest BCUT2D eigenvalue weighted by Crippen LogP contribution is 2.28. The highest BCUT2D eigenvalue weighted by molar-refractivity contribution is 5.85. The first kappa shape index (κ1) is 13.7. The Morgan fingerprint density at radius 1 is 1.14 bits per heavy atom. The first-order chi connectivity index (χ1) is 10.3. The summed E-state index contributed by atoms with van der Waals surface area (Å²) in [7, 11) is 0. The summed E-state index contributed by atoms with van der Waals surface area (Å²) < 4.78 is 0. The first-order valence-electron chi connectivity index (χ1n) is 7.28. The van der Waals surface area contributed by atoms with Gasteiger partial charge in [-0.2, -0.15) is 0 Å². The van der Waals surface area contributed by atoms with Crippen molar-refractivity contribution >= 4 is 10.8 Å². The Labute approximate surface area is 125 Å². The molecule has 106 valence electrons. The second-order valence-corrected chi connectivity index (χ2v) is 5.17. The molecule has 1 atom stereocenters. The standard InChI is InChI=1S/C18H19N3/c1-3-20-18(14-7-10-21-13(2)11-14)17-6-4-5-15-12-19-9-8-16(15)17/h4-12,18,20H,3H2,1-2H3. The van der Waals surface area contributed by atoms with Gasteiger partial charge in [-0.3, -0.25) is 9.97 Å². The molecule has 0 saturated heterocycles. The summed E-state index contributed by atoms with van der Waals surface area (Å²) in [5.74, 6) is 0. The molecule has 2 heterocycles. The normalized spacial score (nSPS) is 12.5. The van der Waals surface area contributed by atoms with Crippen molar-refractivity contribution in [3.8, 4) is 0 Å². The molecule has 0 bridgehead atoms. The zero-order valence-electron chi connectivity index (χ0n) is 12.4. The minimum atomic E-state index is 0.169. The summed E-state index contributed by atoms with van der Waals surface area (Å²) in [6.45, 7) is 5.07. The zero-order valence-corrected chi connectivity index (χ0v) is 12.4. The van der Waals surface area contributed by atoms with Crippen molar-refractivity contribution in [3.05, 3.63) is 71.8 Å². The Balaban J connectivity index is 2.16. The second kappa shape index (κ2) is 6.02. The fraction of sp³-hybridized carbons (Fsp3) is 0.222. The third-order valence-corrected chi connectivity index (χ3v) is 3.69. The van der Waals surface area contributed by atoms with Gasteiger partial charge in [0.1, 0.15) is 0 Å². The van der Waals surface area contributed by atoms with E-state index in [0.717, 1.165) is 12.2 Å². The Kier molecular flexibility index (Phi) is 3.93. The first-order valence-corrected chi connectivity index (χ1v) is 7.28. The highest BCUT2D eigenvalue weighted by Gasteiger charge is 2.15. The van der Waals surface area contributed by atoms with Crippen LogP contribution in [0.5, 0.6) is 0 Å². The number of hydrogen-bond donors (Lipinski definition) is 1. The molecule has 3 heteroatoms. The monoisotopic (exact) mass is 277 g/mol. The van der Waals surface area contributed by atoms with E-state index in [1.54, 1.807) is 0 Å². The van der Waals surface area contributed by atoms with Gasteiger partial charge in [0.05, 0.1) is 6.04 Å². The molecule has 3 rings (SSSR count). The number of hydrogen-bond acceptors (Lipinski definition) is 3. The smallest absolute Gasteiger partial charge is 0.0584 e. The van der Waals surface area contributed by atoms with Crippen molar-refractivity contribution in [1.82, 2.24) is 15.3 Å². The molecule has 3 nitrogen and oxygen atoms in total. The maximum atomic E-state index is 4.30. The third kappa shape index (κ3) is 2.78. The van der Waals surface area contributed by atoms with Crippen molar-refractivity contribution in [3.63, 3.8) is 0 Å². The maximum absolute atomic E-state index is 4.30. The van der Waals surface area contributed by atoms with Gasteiger partial charge in [0.15, 0.2) is 0 Å². The zero-order chi connectivity index (χ0) is 14.7. The van der Waals surface area contributed by atoms with Crippen LogP contribution in [0.25, 0.3) is 10.8 Å². The van der Waals surface area contributed by atoms with Gasteiger partial charge in [-0.25, -0.2) is 0 Å². The average Bonchev–Trinajstić information content (AvgIpc) is 2.52. The maximum Gasteiger partial charge on any atom is 0.0584 e. The Hall–Kier alpha value is -2.26. The van der Waals surface area contributed by atoms with Crippen molar-refractivity contribution in [1.29, 1.82) is 0 Å². The Morgan fingerprint density at radius 3 is 2.86 bits per heavy atom. The minimum absolute atomic E-state index is 0.169. The summed E-state index contributed by atoms with van der Waals surface area (Å²) in [5.41, 5.74) is 3.56. The molecule has 0 aliphatic rings. The van der Waals surface area contributed by atoms with E-state index in [2.05, 4.69) is 58.6 Å². The van der Waals surface area contributed by atoms with Crippen molar-refractivity contribution in [2.75, 3.05) is 6.54 Å². The molecule has 0 radical (unpaired) electrons. The quantitative estimate of drug-likeness (QED) is 0.791. The van der Waals surface area contributed by atoms with Gasteiger partial charge in [0.2, 0.25) is 0 Å². The lowest BCUT2D eigenvalue weighted by atomic mass is 9.94. The van der Waals surface area contributed by atoms with Crippen LogP contribution in [-0.2, 0) is 0 Å². The van der Waals surface area contributed by atoms with Gasteiger partial charge in [0.25, 0.3) is 0 Å². The number of nitrogens with zero attached hydrogens (tertiary/aromatic N) is 2. The van der Waals surface area contributed by atoms with Gasteiger partial charge < -0.3 is 5.32 Å². The van der Waals surface area contributed by atoms with Gasteiger partial charge in [-0.15, -0.1) is 0 Å². The van der Waals surface area contributed by atoms with E-state index < -0.39 is 0 Å². The molecule has 21 heavy (non-hydrogen) atoms. The van der Waals surface area contributed by atoms with Crippen LogP contribution in [0.4, 0.5) is 0 Å². The van der Waals surface area contributed by atoms with Crippen LogP contribution in [0.1, 0.15) is 29.8 Å². The lowest BCUT2D eigenvalue weighted by Crippen LogP contribution is -2.22. The van der Waals surface area contributed by atoms with E-state index in [9.17, 15) is 0 Å². The molecule has 2 aromatic heterocycles. The number of aromatic nitrogens is 2. The average molecular weight is 277 g/mol. The Morgan fingerprint density at radius 2 is 2.05 bits per heavy atom. The molecule has 0 spiro atoms. The molecule has 0 fully saturated rings. The van der Waals surface area contributed by atoms with Crippen molar-refractivity contribution < 1.29 is 0 Å². The van der Waals surface area contributed by atoms with Crippen LogP contribution in [0.15, 0.2) is 55.0 Å². The lowest BCUT2D eigenvalue weighted by molar-refractivity contribution is 0.633. The summed E-state index contributed by atoms with van der Waals surface area (Å²) in [6.07, 6.45) is 5.65. The topological polar surface area (TPSA) is 37.8 Å². The van der Waals surface area contributed by atoms with Gasteiger partial charge in [0, 0.05) is 29.7 Å². The summed E-state index contributed by atoms with van der Waals surface area (Å²) in [5, 5.41) is 6.00. The summed E-state index contributed by atoms with van der Waals surface area (Å²) in [6, 6.07) is 12.9. The van der Waals surface area contributed by atoms with E-state index in [0.29, 0.717) is 0 Å². The van der Waals surface area contributed by atoms with E-state index in [1.807, 2.05) is 25.5 Å². The molecule has 3 aromatic rings. The van der Waals surface area contributed by atoms with Crippen molar-refractivity contribution in [2.45, 2.75) is 19.9 Å². The van der Waals surface area contributed by atoms with Gasteiger partial charge in [-0.05, 0) is 48.2 Å². The fourth-order valence-electron chi connectivity index (χ4n) is 2.76. The van der Waals surface area contributed by atoms with Crippen LogP contribution in [-0.4, -0.2) is 16.5 Å². The minimum Gasteiger partial charge on any atom is -0.307 e. The molecule has 1 N–H and O–H groups in total. The van der Waals surface area contributed by atoms with E-state index in [4.69, 9.17) is 0 Å². The predicted octanol–water partition coefficient (Wildman–Crippen LogP) is 3.64. The molecular weight excluding hydrogens is 258 g/mol. The van der Waals surface area contributed by atoms with Crippen LogP contribution in [0.3, 0.4) is 0 Å². The fourth-order valence-corrected chi connectivity index (χ4v) is 2.76. The number of rotatable bonds is 4. The van der Waals surface area contributed by atoms with Gasteiger partial charge in [-0.1, -0.05) is 25.1 Å². The summed E-state index contributed by atoms with van der Waals surface area (Å²) in [4.78, 5) is 8.52. The molecule has 1 unspecified atom stereocenters. The van der Waals surface area contributed by atoms with Crippen LogP contribution in [0, 0.1) is 6.92 Å². The van der Waals surface area contributed by atoms with Crippen molar-refractivity contribution in [2.24, 2.45) is 0 Å². The number of pyridine rings is 2. The molecular formula is C18H19N3. The largest absolute Gasteiger partial charge is 0.307 e. The molecule has 0 aliphatic heterocycles. The summed E-state index contributed by atoms with van der Waals surface area (Å²) >= 11 is 0. The number of nitrogens with one attached hydrogen (secondary N) is 1. The van der Waals surface area contributed by atoms with E-state index in [-0.39, 0.29) is 6.04 Å². The molecule has 0 aliphatic carbocycles. The van der Waals surface area contributed by atoms with Crippen LogP contribution in [0.2, 0.25) is 0 Å². The predicted molar refractivity (Wildman–Crippen MR) is 86.2 cm³/mol. The molecule has 1 aromatic carbocycles. The molecule has 0 amide bonds. The van der Waals surface area contributed by atoms with E-state index >= 15 is 0 Å². The Bertz CT molecular complexity index is 747. The van der Waals surface area contributed by atoms with E-state index in [1.165, 1.54) is 21.9 Å². The highest BCUT2D eigenvalue weighted by atomic mass is 14.9. The lowest BCUT2D eigenvalue weighted by Gasteiger charge is -2.21. The van der Waals surface area contributed by atoms with Crippen LogP contribution < -0.4 is 5.32 Å². The SMILES string of the molecule is CCNC(c1ccnc(C)c1)c1cccc2cnccc12. The second-order valence-electron chi connectivity index (χ2n) is 5.17. The van der Waals surface area contributed by atoms with Crippen LogP contribution >= 0.6 is 0 Å².